The van der Waals surface area contributed by atoms with E-state index in [1.807, 2.05) is 6.92 Å². The molecule has 90 valence electrons. The number of hydrogen-bond donors (Lipinski definition) is 1. The molecule has 1 rings (SSSR count). The predicted molar refractivity (Wildman–Crippen MR) is 69.6 cm³/mol. The second-order valence-corrected chi connectivity index (χ2v) is 6.81. The first kappa shape index (κ1) is 14.0. The van der Waals surface area contributed by atoms with E-state index in [2.05, 4.69) is 20.7 Å². The number of hydrogen-bond acceptors (Lipinski definition) is 2. The molecule has 0 bridgehead atoms. The van der Waals surface area contributed by atoms with E-state index in [0.717, 1.165) is 6.42 Å². The topological polar surface area (TPSA) is 46.2 Å². The van der Waals surface area contributed by atoms with Crippen molar-refractivity contribution in [1.29, 1.82) is 0 Å². The van der Waals surface area contributed by atoms with Crippen LogP contribution in [0.15, 0.2) is 29.2 Å². The molecule has 0 aromatic heterocycles. The van der Waals surface area contributed by atoms with Gasteiger partial charge in [-0.2, -0.15) is 0 Å². The smallest absolute Gasteiger partial charge is 0.210 e. The fourth-order valence-corrected chi connectivity index (χ4v) is 2.82. The van der Waals surface area contributed by atoms with Gasteiger partial charge in [-0.05, 0) is 24.6 Å². The standard InChI is InChI=1S/C10H13BrClNO2S/c1-2-8(11)7-13-16(14,15)10-5-3-4-9(12)6-10/h3-6,8,13H,2,7H2,1H3. The van der Waals surface area contributed by atoms with Gasteiger partial charge in [0.2, 0.25) is 10.0 Å². The van der Waals surface area contributed by atoms with Crippen molar-refractivity contribution in [1.82, 2.24) is 4.72 Å². The van der Waals surface area contributed by atoms with E-state index in [1.165, 1.54) is 12.1 Å². The summed E-state index contributed by atoms with van der Waals surface area (Å²) in [5.41, 5.74) is 0. The quantitative estimate of drug-likeness (QED) is 0.846. The third kappa shape index (κ3) is 4.05. The van der Waals surface area contributed by atoms with Crippen LogP contribution in [0.3, 0.4) is 0 Å². The zero-order valence-electron chi connectivity index (χ0n) is 8.78. The summed E-state index contributed by atoms with van der Waals surface area (Å²) in [6.07, 6.45) is 0.859. The second-order valence-electron chi connectivity index (χ2n) is 3.31. The van der Waals surface area contributed by atoms with Crippen molar-refractivity contribution in [2.24, 2.45) is 0 Å². The highest BCUT2D eigenvalue weighted by molar-refractivity contribution is 9.09. The highest BCUT2D eigenvalue weighted by atomic mass is 79.9. The van der Waals surface area contributed by atoms with Crippen molar-refractivity contribution < 1.29 is 8.42 Å². The second kappa shape index (κ2) is 6.00. The molecule has 0 aliphatic carbocycles. The number of nitrogens with one attached hydrogen (secondary N) is 1. The zero-order chi connectivity index (χ0) is 12.2. The Morgan fingerprint density at radius 3 is 2.75 bits per heavy atom. The highest BCUT2D eigenvalue weighted by Gasteiger charge is 2.15. The average Bonchev–Trinajstić information content (AvgIpc) is 2.26. The normalized spacial score (nSPS) is 13.7. The molecule has 1 atom stereocenters. The third-order valence-corrected chi connectivity index (χ3v) is 4.67. The molecule has 1 aromatic rings. The molecule has 0 heterocycles. The molecule has 0 aliphatic heterocycles. The van der Waals surface area contributed by atoms with Crippen LogP contribution in [0.2, 0.25) is 5.02 Å². The SMILES string of the molecule is CCC(Br)CNS(=O)(=O)c1cccc(Cl)c1. The first-order valence-corrected chi connectivity index (χ1v) is 7.62. The summed E-state index contributed by atoms with van der Waals surface area (Å²) in [6.45, 7) is 2.35. The maximum Gasteiger partial charge on any atom is 0.240 e. The number of benzene rings is 1. The number of alkyl halides is 1. The van der Waals surface area contributed by atoms with Gasteiger partial charge in [0.05, 0.1) is 4.90 Å². The van der Waals surface area contributed by atoms with Gasteiger partial charge in [0.1, 0.15) is 0 Å². The van der Waals surface area contributed by atoms with Crippen LogP contribution in [0, 0.1) is 0 Å². The average molecular weight is 327 g/mol. The van der Waals surface area contributed by atoms with Gasteiger partial charge < -0.3 is 0 Å². The number of halogens is 2. The molecule has 0 spiro atoms. The van der Waals surface area contributed by atoms with Crippen LogP contribution >= 0.6 is 27.5 Å². The van der Waals surface area contributed by atoms with Crippen LogP contribution in [0.1, 0.15) is 13.3 Å². The van der Waals surface area contributed by atoms with Crippen LogP contribution in [0.5, 0.6) is 0 Å². The first-order valence-electron chi connectivity index (χ1n) is 4.85. The zero-order valence-corrected chi connectivity index (χ0v) is 11.9. The summed E-state index contributed by atoms with van der Waals surface area (Å²) in [7, 11) is -3.45. The van der Waals surface area contributed by atoms with E-state index in [0.29, 0.717) is 11.6 Å². The summed E-state index contributed by atoms with van der Waals surface area (Å²) in [5, 5.41) is 0.411. The third-order valence-electron chi connectivity index (χ3n) is 2.04. The van der Waals surface area contributed by atoms with Crippen molar-refractivity contribution in [2.75, 3.05) is 6.54 Å². The molecule has 1 N–H and O–H groups in total. The molecule has 0 fully saturated rings. The molecule has 1 unspecified atom stereocenters. The van der Waals surface area contributed by atoms with Gasteiger partial charge in [-0.3, -0.25) is 0 Å². The van der Waals surface area contributed by atoms with Crippen LogP contribution in [-0.2, 0) is 10.0 Å². The molecule has 0 radical (unpaired) electrons. The molecule has 16 heavy (non-hydrogen) atoms. The Hall–Kier alpha value is -0.100. The minimum atomic E-state index is -3.45. The molecular weight excluding hydrogens is 314 g/mol. The lowest BCUT2D eigenvalue weighted by Crippen LogP contribution is -2.29. The molecule has 0 amide bonds. The lowest BCUT2D eigenvalue weighted by Gasteiger charge is -2.09. The van der Waals surface area contributed by atoms with E-state index in [9.17, 15) is 8.42 Å². The molecule has 1 aromatic carbocycles. The van der Waals surface area contributed by atoms with Gasteiger partial charge >= 0.3 is 0 Å². The van der Waals surface area contributed by atoms with E-state index in [-0.39, 0.29) is 9.72 Å². The lowest BCUT2D eigenvalue weighted by molar-refractivity contribution is 0.580. The van der Waals surface area contributed by atoms with Gasteiger partial charge in [-0.15, -0.1) is 0 Å². The van der Waals surface area contributed by atoms with Crippen LogP contribution in [-0.4, -0.2) is 19.8 Å². The van der Waals surface area contributed by atoms with Crippen molar-refractivity contribution in [3.8, 4) is 0 Å². The Balaban J connectivity index is 2.78. The van der Waals surface area contributed by atoms with Gasteiger partial charge in [-0.1, -0.05) is 40.5 Å². The van der Waals surface area contributed by atoms with Crippen molar-refractivity contribution >= 4 is 37.6 Å². The fourth-order valence-electron chi connectivity index (χ4n) is 1.06. The van der Waals surface area contributed by atoms with E-state index >= 15 is 0 Å². The minimum Gasteiger partial charge on any atom is -0.210 e. The fraction of sp³-hybridized carbons (Fsp3) is 0.400. The largest absolute Gasteiger partial charge is 0.240 e. The maximum absolute atomic E-state index is 11.8. The van der Waals surface area contributed by atoms with Crippen molar-refractivity contribution in [3.63, 3.8) is 0 Å². The summed E-state index contributed by atoms with van der Waals surface area (Å²) in [6, 6.07) is 6.20. The number of rotatable bonds is 5. The Morgan fingerprint density at radius 2 is 2.19 bits per heavy atom. The molecule has 0 aliphatic rings. The highest BCUT2D eigenvalue weighted by Crippen LogP contribution is 2.15. The molecule has 3 nitrogen and oxygen atoms in total. The molecule has 0 saturated heterocycles. The minimum absolute atomic E-state index is 0.140. The van der Waals surface area contributed by atoms with Crippen molar-refractivity contribution in [3.05, 3.63) is 29.3 Å². The van der Waals surface area contributed by atoms with Crippen molar-refractivity contribution in [2.45, 2.75) is 23.1 Å². The molecule has 0 saturated carbocycles. The van der Waals surface area contributed by atoms with E-state index in [1.54, 1.807) is 12.1 Å². The lowest BCUT2D eigenvalue weighted by atomic mass is 10.3. The summed E-state index contributed by atoms with van der Waals surface area (Å²) >= 11 is 9.10. The monoisotopic (exact) mass is 325 g/mol. The Kier molecular flexibility index (Phi) is 5.24. The van der Waals surface area contributed by atoms with Gasteiger partial charge in [0.15, 0.2) is 0 Å². The van der Waals surface area contributed by atoms with Gasteiger partial charge in [0.25, 0.3) is 0 Å². The van der Waals surface area contributed by atoms with Crippen LogP contribution < -0.4 is 4.72 Å². The van der Waals surface area contributed by atoms with Crippen LogP contribution in [0.25, 0.3) is 0 Å². The van der Waals surface area contributed by atoms with Gasteiger partial charge in [0, 0.05) is 16.4 Å². The van der Waals surface area contributed by atoms with E-state index < -0.39 is 10.0 Å². The Bertz CT molecular complexity index is 450. The summed E-state index contributed by atoms with van der Waals surface area (Å²) in [4.78, 5) is 0.331. The summed E-state index contributed by atoms with van der Waals surface area (Å²) < 4.78 is 26.1. The summed E-state index contributed by atoms with van der Waals surface area (Å²) in [5.74, 6) is 0. The predicted octanol–water partition coefficient (Wildman–Crippen LogP) is 2.79. The Labute approximate surface area is 109 Å². The molecular formula is C10H13BrClNO2S. The van der Waals surface area contributed by atoms with Crippen LogP contribution in [0.4, 0.5) is 0 Å². The number of sulfonamides is 1. The Morgan fingerprint density at radius 1 is 1.50 bits per heavy atom. The maximum atomic E-state index is 11.8. The van der Waals surface area contributed by atoms with E-state index in [4.69, 9.17) is 11.6 Å². The molecule has 6 heteroatoms. The van der Waals surface area contributed by atoms with Gasteiger partial charge in [-0.25, -0.2) is 13.1 Å². The first-order chi connectivity index (χ1) is 7.45.